The average Bonchev–Trinajstić information content (AvgIpc) is 3.16. The summed E-state index contributed by atoms with van der Waals surface area (Å²) in [7, 11) is 0. The Morgan fingerprint density at radius 2 is 1.56 bits per heavy atom. The fourth-order valence-electron chi connectivity index (χ4n) is 11.5. The quantitative estimate of drug-likeness (QED) is 0.436. The molecule has 5 aliphatic rings. The maximum Gasteiger partial charge on any atom is 0.331 e. The van der Waals surface area contributed by atoms with Crippen LogP contribution in [-0.4, -0.2) is 34.0 Å². The molecule has 0 aromatic carbocycles. The van der Waals surface area contributed by atoms with Gasteiger partial charge in [-0.15, -0.1) is 0 Å². The average molecular weight is 473 g/mol. The van der Waals surface area contributed by atoms with Crippen molar-refractivity contribution in [2.75, 3.05) is 6.61 Å². The number of aliphatic carboxylic acids is 1. The molecule has 0 heterocycles. The van der Waals surface area contributed by atoms with Crippen LogP contribution < -0.4 is 0 Å². The molecular weight excluding hydrogens is 424 g/mol. The van der Waals surface area contributed by atoms with Crippen LogP contribution in [0.2, 0.25) is 0 Å². The Hall–Kier alpha value is -0.870. The highest BCUT2D eigenvalue weighted by molar-refractivity contribution is 5.86. The van der Waals surface area contributed by atoms with Gasteiger partial charge in [-0.05, 0) is 121 Å². The zero-order valence-electron chi connectivity index (χ0n) is 22.2. The number of carboxylic acid groups (broad SMARTS) is 1. The van der Waals surface area contributed by atoms with E-state index in [0.29, 0.717) is 23.3 Å². The number of rotatable bonds is 3. The molecule has 0 aromatic heterocycles. The SMILES string of the molecule is C=C(C(=O)O)[C@@H]1CC[C@]2(CO)CC[C@]3(C)[C@H](CC[C@@H]4[C@@]5(C)CC[C@H](O)C(C)(C)[C@@H]5CC[C@]43C)[C@@H]12. The summed E-state index contributed by atoms with van der Waals surface area (Å²) < 4.78 is 0. The normalized spacial score (nSPS) is 53.7. The summed E-state index contributed by atoms with van der Waals surface area (Å²) in [5, 5.41) is 31.4. The van der Waals surface area contributed by atoms with E-state index < -0.39 is 5.97 Å². The maximum atomic E-state index is 12.0. The molecule has 0 amide bonds. The Balaban J connectivity index is 1.55. The van der Waals surface area contributed by atoms with Gasteiger partial charge in [0.25, 0.3) is 0 Å². The number of carboxylic acids is 1. The fourth-order valence-corrected chi connectivity index (χ4v) is 11.5. The van der Waals surface area contributed by atoms with Gasteiger partial charge in [0.15, 0.2) is 0 Å². The topological polar surface area (TPSA) is 77.8 Å². The first kappa shape index (κ1) is 24.8. The van der Waals surface area contributed by atoms with Crippen molar-refractivity contribution in [2.45, 2.75) is 105 Å². The van der Waals surface area contributed by atoms with Gasteiger partial charge in [0, 0.05) is 12.2 Å². The molecule has 0 unspecified atom stereocenters. The molecule has 0 spiro atoms. The van der Waals surface area contributed by atoms with Crippen LogP contribution in [0.15, 0.2) is 12.2 Å². The molecule has 4 heteroatoms. The maximum absolute atomic E-state index is 12.0. The van der Waals surface area contributed by atoms with Gasteiger partial charge >= 0.3 is 5.97 Å². The number of fused-ring (bicyclic) bond motifs is 7. The molecule has 5 rings (SSSR count). The minimum absolute atomic E-state index is 0.00916. The van der Waals surface area contributed by atoms with Gasteiger partial charge in [0.2, 0.25) is 0 Å². The van der Waals surface area contributed by atoms with Crippen LogP contribution in [0.3, 0.4) is 0 Å². The van der Waals surface area contributed by atoms with Crippen LogP contribution in [0.5, 0.6) is 0 Å². The Bertz CT molecular complexity index is 879. The van der Waals surface area contributed by atoms with E-state index in [-0.39, 0.29) is 51.6 Å². The summed E-state index contributed by atoms with van der Waals surface area (Å²) >= 11 is 0. The molecule has 10 atom stereocenters. The van der Waals surface area contributed by atoms with Crippen molar-refractivity contribution in [2.24, 2.45) is 56.7 Å². The molecule has 0 radical (unpaired) electrons. The summed E-state index contributed by atoms with van der Waals surface area (Å²) in [6.45, 7) is 16.5. The highest BCUT2D eigenvalue weighted by Crippen LogP contribution is 2.77. The summed E-state index contributed by atoms with van der Waals surface area (Å²) in [6, 6.07) is 0. The number of aliphatic hydroxyl groups excluding tert-OH is 2. The minimum Gasteiger partial charge on any atom is -0.478 e. The third kappa shape index (κ3) is 2.88. The van der Waals surface area contributed by atoms with Crippen LogP contribution in [0.4, 0.5) is 0 Å². The smallest absolute Gasteiger partial charge is 0.331 e. The van der Waals surface area contributed by atoms with Gasteiger partial charge < -0.3 is 15.3 Å². The summed E-state index contributed by atoms with van der Waals surface area (Å²) in [5.74, 6) is 0.990. The summed E-state index contributed by atoms with van der Waals surface area (Å²) in [6.07, 6.45) is 10.5. The lowest BCUT2D eigenvalue weighted by atomic mass is 9.32. The van der Waals surface area contributed by atoms with Crippen LogP contribution in [0, 0.1) is 56.7 Å². The van der Waals surface area contributed by atoms with Crippen molar-refractivity contribution in [3.8, 4) is 0 Å². The van der Waals surface area contributed by atoms with Gasteiger partial charge in [0.1, 0.15) is 0 Å². The molecule has 5 aliphatic carbocycles. The van der Waals surface area contributed by atoms with E-state index in [1.54, 1.807) is 0 Å². The van der Waals surface area contributed by atoms with Crippen molar-refractivity contribution in [3.63, 3.8) is 0 Å². The number of carbonyl (C=O) groups is 1. The first-order chi connectivity index (χ1) is 15.8. The van der Waals surface area contributed by atoms with E-state index >= 15 is 0 Å². The van der Waals surface area contributed by atoms with Gasteiger partial charge in [-0.1, -0.05) is 41.2 Å². The molecule has 0 bridgehead atoms. The van der Waals surface area contributed by atoms with Crippen LogP contribution in [0.1, 0.15) is 98.8 Å². The lowest BCUT2D eigenvalue weighted by Crippen LogP contribution is -2.66. The Morgan fingerprint density at radius 3 is 2.21 bits per heavy atom. The molecule has 0 aliphatic heterocycles. The van der Waals surface area contributed by atoms with Gasteiger partial charge in [0.05, 0.1) is 6.10 Å². The van der Waals surface area contributed by atoms with Crippen molar-refractivity contribution in [1.82, 2.24) is 0 Å². The molecule has 4 nitrogen and oxygen atoms in total. The first-order valence-corrected chi connectivity index (χ1v) is 14.0. The van der Waals surface area contributed by atoms with E-state index in [1.807, 2.05) is 0 Å². The second kappa shape index (κ2) is 7.57. The summed E-state index contributed by atoms with van der Waals surface area (Å²) in [5.41, 5.74) is 0.799. The largest absolute Gasteiger partial charge is 0.478 e. The van der Waals surface area contributed by atoms with Gasteiger partial charge in [-0.3, -0.25) is 0 Å². The Morgan fingerprint density at radius 1 is 0.853 bits per heavy atom. The molecule has 5 fully saturated rings. The van der Waals surface area contributed by atoms with Crippen LogP contribution in [-0.2, 0) is 4.79 Å². The van der Waals surface area contributed by atoms with E-state index in [1.165, 1.54) is 19.3 Å². The first-order valence-electron chi connectivity index (χ1n) is 14.0. The molecule has 5 saturated carbocycles. The number of hydrogen-bond acceptors (Lipinski definition) is 3. The van der Waals surface area contributed by atoms with Crippen LogP contribution >= 0.6 is 0 Å². The Kier molecular flexibility index (Phi) is 5.52. The second-order valence-electron chi connectivity index (χ2n) is 14.6. The van der Waals surface area contributed by atoms with E-state index in [0.717, 1.165) is 44.9 Å². The van der Waals surface area contributed by atoms with Gasteiger partial charge in [-0.2, -0.15) is 0 Å². The molecule has 34 heavy (non-hydrogen) atoms. The van der Waals surface area contributed by atoms with Crippen molar-refractivity contribution >= 4 is 5.97 Å². The highest BCUT2D eigenvalue weighted by atomic mass is 16.4. The van der Waals surface area contributed by atoms with Crippen molar-refractivity contribution in [3.05, 3.63) is 12.2 Å². The monoisotopic (exact) mass is 472 g/mol. The Labute approximate surface area is 206 Å². The van der Waals surface area contributed by atoms with E-state index in [9.17, 15) is 20.1 Å². The summed E-state index contributed by atoms with van der Waals surface area (Å²) in [4.78, 5) is 12.0. The second-order valence-corrected chi connectivity index (χ2v) is 14.6. The van der Waals surface area contributed by atoms with E-state index in [2.05, 4.69) is 41.2 Å². The molecule has 0 saturated heterocycles. The van der Waals surface area contributed by atoms with Gasteiger partial charge in [-0.25, -0.2) is 4.79 Å². The fraction of sp³-hybridized carbons (Fsp3) is 0.900. The van der Waals surface area contributed by atoms with Crippen molar-refractivity contribution < 1.29 is 20.1 Å². The third-order valence-electron chi connectivity index (χ3n) is 13.6. The number of hydrogen-bond donors (Lipinski definition) is 3. The lowest BCUT2D eigenvalue weighted by Gasteiger charge is -2.73. The standard InChI is InChI=1S/C30H48O4/c1-18(25(33)34)19-9-14-30(17-31)16-15-28(5)20(24(19)30)7-8-22-27(4)12-11-23(32)26(2,3)21(27)10-13-29(22,28)6/h19-24,31-32H,1,7-17H2,2-6H3,(H,33,34)/t19-,20+,21-,22+,23-,24+,27-,28+,29+,30+/m0/s1. The third-order valence-corrected chi connectivity index (χ3v) is 13.6. The molecular formula is C30H48O4. The van der Waals surface area contributed by atoms with Crippen LogP contribution in [0.25, 0.3) is 0 Å². The van der Waals surface area contributed by atoms with E-state index in [4.69, 9.17) is 0 Å². The highest BCUT2D eigenvalue weighted by Gasteiger charge is 2.70. The predicted molar refractivity (Wildman–Crippen MR) is 134 cm³/mol. The zero-order valence-corrected chi connectivity index (χ0v) is 22.2. The van der Waals surface area contributed by atoms with Crippen molar-refractivity contribution in [1.29, 1.82) is 0 Å². The lowest BCUT2D eigenvalue weighted by molar-refractivity contribution is -0.249. The number of aliphatic hydroxyl groups is 2. The molecule has 192 valence electrons. The zero-order chi connectivity index (χ0) is 24.9. The molecule has 3 N–H and O–H groups in total. The predicted octanol–water partition coefficient (Wildman–Crippen LogP) is 6.06. The molecule has 0 aromatic rings. The minimum atomic E-state index is -0.859.